The smallest absolute Gasteiger partial charge is 0.274 e. The molecule has 4 heterocycles. The summed E-state index contributed by atoms with van der Waals surface area (Å²) in [6, 6.07) is 3.90. The van der Waals surface area contributed by atoms with Gasteiger partial charge >= 0.3 is 0 Å². The van der Waals surface area contributed by atoms with E-state index in [1.54, 1.807) is 36.3 Å². The average molecular weight is 395 g/mol. The number of aromatic nitrogens is 3. The minimum absolute atomic E-state index is 0.0211. The maximum absolute atomic E-state index is 12.8. The molecule has 144 valence electrons. The molecule has 0 unspecified atom stereocenters. The number of hydrogen-bond acceptors (Lipinski definition) is 6. The van der Waals surface area contributed by atoms with Gasteiger partial charge in [-0.2, -0.15) is 0 Å². The van der Waals surface area contributed by atoms with Crippen LogP contribution < -0.4 is 0 Å². The predicted molar refractivity (Wildman–Crippen MR) is 108 cm³/mol. The van der Waals surface area contributed by atoms with Gasteiger partial charge in [-0.25, -0.2) is 9.97 Å². The topological polar surface area (TPSA) is 79.3 Å². The summed E-state index contributed by atoms with van der Waals surface area (Å²) >= 11 is 1.43. The molecule has 0 spiro atoms. The van der Waals surface area contributed by atoms with E-state index in [0.717, 1.165) is 27.9 Å². The highest BCUT2D eigenvalue weighted by molar-refractivity contribution is 7.20. The normalized spacial score (nSPS) is 16.5. The van der Waals surface area contributed by atoms with Crippen LogP contribution in [0.5, 0.6) is 0 Å². The average Bonchev–Trinajstić information content (AvgIpc) is 3.31. The monoisotopic (exact) mass is 395 g/mol. The van der Waals surface area contributed by atoms with Gasteiger partial charge in [-0.1, -0.05) is 6.07 Å². The van der Waals surface area contributed by atoms with Crippen LogP contribution in [0, 0.1) is 6.92 Å². The molecule has 4 rings (SSSR count). The van der Waals surface area contributed by atoms with Crippen LogP contribution in [0.25, 0.3) is 10.2 Å². The number of rotatable bonds is 3. The fourth-order valence-electron chi connectivity index (χ4n) is 3.56. The first-order valence-corrected chi connectivity index (χ1v) is 9.94. The summed E-state index contributed by atoms with van der Waals surface area (Å²) in [6.07, 6.45) is 5.68. The Hall–Kier alpha value is -2.87. The van der Waals surface area contributed by atoms with Gasteiger partial charge in [-0.05, 0) is 25.0 Å². The van der Waals surface area contributed by atoms with Crippen LogP contribution in [0.15, 0.2) is 30.7 Å². The summed E-state index contributed by atoms with van der Waals surface area (Å²) in [4.78, 5) is 43.4. The predicted octanol–water partition coefficient (Wildman–Crippen LogP) is 2.73. The van der Waals surface area contributed by atoms with E-state index in [2.05, 4.69) is 15.0 Å². The third-order valence-electron chi connectivity index (χ3n) is 4.99. The zero-order chi connectivity index (χ0) is 19.8. The lowest BCUT2D eigenvalue weighted by molar-refractivity contribution is 0.0784. The second-order valence-electron chi connectivity index (χ2n) is 7.18. The molecule has 3 aromatic rings. The Bertz CT molecular complexity index is 1040. The fourth-order valence-corrected chi connectivity index (χ4v) is 4.82. The molecule has 2 amide bonds. The van der Waals surface area contributed by atoms with Crippen LogP contribution >= 0.6 is 11.3 Å². The third kappa shape index (κ3) is 3.24. The number of likely N-dealkylation sites (tertiary alicyclic amines) is 1. The van der Waals surface area contributed by atoms with Crippen molar-refractivity contribution in [2.45, 2.75) is 19.3 Å². The lowest BCUT2D eigenvalue weighted by Gasteiger charge is -2.17. The number of fused-ring (bicyclic) bond motifs is 1. The molecule has 0 bridgehead atoms. The lowest BCUT2D eigenvalue weighted by Crippen LogP contribution is -2.29. The molecule has 0 aliphatic carbocycles. The summed E-state index contributed by atoms with van der Waals surface area (Å²) in [7, 11) is 3.51. The van der Waals surface area contributed by atoms with Crippen molar-refractivity contribution in [1.29, 1.82) is 0 Å². The van der Waals surface area contributed by atoms with Crippen LogP contribution in [0.2, 0.25) is 0 Å². The molecule has 0 radical (unpaired) electrons. The summed E-state index contributed by atoms with van der Waals surface area (Å²) in [5.74, 6) is -0.0421. The number of nitrogens with zero attached hydrogens (tertiary/aromatic N) is 5. The molecule has 1 saturated heterocycles. The lowest BCUT2D eigenvalue weighted by atomic mass is 9.95. The van der Waals surface area contributed by atoms with Crippen LogP contribution in [0.4, 0.5) is 0 Å². The van der Waals surface area contributed by atoms with E-state index < -0.39 is 0 Å². The molecule has 28 heavy (non-hydrogen) atoms. The quantitative estimate of drug-likeness (QED) is 0.681. The van der Waals surface area contributed by atoms with E-state index in [-0.39, 0.29) is 17.7 Å². The number of carbonyl (C=O) groups excluding carboxylic acids is 2. The van der Waals surface area contributed by atoms with Crippen molar-refractivity contribution in [1.82, 2.24) is 24.8 Å². The highest BCUT2D eigenvalue weighted by Gasteiger charge is 2.33. The van der Waals surface area contributed by atoms with E-state index in [1.165, 1.54) is 17.5 Å². The van der Waals surface area contributed by atoms with Crippen molar-refractivity contribution in [3.8, 4) is 0 Å². The Balaban J connectivity index is 1.66. The molecule has 0 saturated carbocycles. The van der Waals surface area contributed by atoms with Crippen molar-refractivity contribution >= 4 is 33.4 Å². The number of hydrogen-bond donors (Lipinski definition) is 0. The van der Waals surface area contributed by atoms with Crippen LogP contribution in [-0.4, -0.2) is 63.8 Å². The third-order valence-corrected chi connectivity index (χ3v) is 6.11. The van der Waals surface area contributed by atoms with Gasteiger partial charge in [0, 0.05) is 50.9 Å². The molecular formula is C20H21N5O2S. The molecule has 0 aromatic carbocycles. The van der Waals surface area contributed by atoms with Gasteiger partial charge < -0.3 is 9.80 Å². The number of pyridine rings is 1. The van der Waals surface area contributed by atoms with Gasteiger partial charge in [0.15, 0.2) is 0 Å². The Morgan fingerprint density at radius 1 is 1.21 bits per heavy atom. The maximum atomic E-state index is 12.8. The number of amides is 2. The summed E-state index contributed by atoms with van der Waals surface area (Å²) < 4.78 is 0. The van der Waals surface area contributed by atoms with Crippen molar-refractivity contribution in [2.24, 2.45) is 0 Å². The molecule has 3 aromatic heterocycles. The molecule has 1 atom stereocenters. The van der Waals surface area contributed by atoms with Crippen LogP contribution in [-0.2, 0) is 0 Å². The minimum atomic E-state index is -0.117. The molecule has 7 nitrogen and oxygen atoms in total. The van der Waals surface area contributed by atoms with Gasteiger partial charge in [0.2, 0.25) is 0 Å². The summed E-state index contributed by atoms with van der Waals surface area (Å²) in [6.45, 7) is 3.03. The first-order valence-electron chi connectivity index (χ1n) is 9.12. The number of carbonyl (C=O) groups is 2. The molecule has 8 heteroatoms. The molecule has 1 aliphatic heterocycles. The van der Waals surface area contributed by atoms with E-state index in [0.29, 0.717) is 23.7 Å². The second-order valence-corrected chi connectivity index (χ2v) is 8.18. The van der Waals surface area contributed by atoms with Gasteiger partial charge in [0.25, 0.3) is 11.8 Å². The van der Waals surface area contributed by atoms with Crippen LogP contribution in [0.1, 0.15) is 43.8 Å². The van der Waals surface area contributed by atoms with Crippen molar-refractivity contribution in [3.63, 3.8) is 0 Å². The summed E-state index contributed by atoms with van der Waals surface area (Å²) in [5, 5.41) is 1.01. The fraction of sp³-hybridized carbons (Fsp3) is 0.350. The van der Waals surface area contributed by atoms with Gasteiger partial charge in [-0.3, -0.25) is 14.6 Å². The van der Waals surface area contributed by atoms with Gasteiger partial charge in [-0.15, -0.1) is 11.3 Å². The van der Waals surface area contributed by atoms with Gasteiger partial charge in [0.1, 0.15) is 10.5 Å². The highest BCUT2D eigenvalue weighted by Crippen LogP contribution is 2.40. The Morgan fingerprint density at radius 3 is 2.75 bits per heavy atom. The largest absolute Gasteiger partial charge is 0.344 e. The minimum Gasteiger partial charge on any atom is -0.344 e. The van der Waals surface area contributed by atoms with E-state index in [1.807, 2.05) is 19.1 Å². The van der Waals surface area contributed by atoms with Crippen molar-refractivity contribution in [3.05, 3.63) is 52.6 Å². The maximum Gasteiger partial charge on any atom is 0.274 e. The first-order chi connectivity index (χ1) is 13.5. The standard InChI is InChI=1S/C20H21N5O2S/c1-12-9-23-15(10-22-12)19(26)25-8-6-13(11-25)16-14-5-4-7-21-18(14)28-17(16)20(27)24(2)3/h4-5,7,9-10,13H,6,8,11H2,1-3H3/t13-/m1/s1. The number of aryl methyl sites for hydroxylation is 1. The molecule has 0 N–H and O–H groups in total. The van der Waals surface area contributed by atoms with Crippen LogP contribution in [0.3, 0.4) is 0 Å². The second kappa shape index (κ2) is 7.27. The zero-order valence-electron chi connectivity index (χ0n) is 16.0. The SMILES string of the molecule is Cc1cnc(C(=O)N2CC[C@@H](c3c(C(=O)N(C)C)sc4ncccc34)C2)cn1. The van der Waals surface area contributed by atoms with Crippen molar-refractivity contribution in [2.75, 3.05) is 27.2 Å². The summed E-state index contributed by atoms with van der Waals surface area (Å²) in [5.41, 5.74) is 2.14. The molecular weight excluding hydrogens is 374 g/mol. The van der Waals surface area contributed by atoms with Gasteiger partial charge in [0.05, 0.1) is 16.8 Å². The van der Waals surface area contributed by atoms with E-state index >= 15 is 0 Å². The zero-order valence-corrected chi connectivity index (χ0v) is 16.9. The Kier molecular flexibility index (Phi) is 4.80. The first kappa shape index (κ1) is 18.5. The van der Waals surface area contributed by atoms with E-state index in [9.17, 15) is 9.59 Å². The number of thiophene rings is 1. The Morgan fingerprint density at radius 2 is 2.04 bits per heavy atom. The van der Waals surface area contributed by atoms with Crippen molar-refractivity contribution < 1.29 is 9.59 Å². The Labute approximate surface area is 167 Å². The van der Waals surface area contributed by atoms with E-state index in [4.69, 9.17) is 0 Å². The molecule has 1 aliphatic rings. The highest BCUT2D eigenvalue weighted by atomic mass is 32.1. The molecule has 1 fully saturated rings.